The molecule has 1 heteroatoms. The Labute approximate surface area is 316 Å². The van der Waals surface area contributed by atoms with Crippen LogP contribution in [0, 0.1) is 0 Å². The van der Waals surface area contributed by atoms with E-state index in [9.17, 15) is 0 Å². The van der Waals surface area contributed by atoms with Gasteiger partial charge in [0.05, 0.1) is 11.4 Å². The minimum Gasteiger partial charge on any atom is -0.312 e. The molecule has 0 radical (unpaired) electrons. The summed E-state index contributed by atoms with van der Waals surface area (Å²) >= 11 is 0. The van der Waals surface area contributed by atoms with Crippen LogP contribution in [0.4, 0.5) is 11.4 Å². The molecule has 0 unspecified atom stereocenters. The van der Waals surface area contributed by atoms with Gasteiger partial charge >= 0.3 is 0 Å². The molecule has 0 saturated carbocycles. The topological polar surface area (TPSA) is 3.24 Å². The van der Waals surface area contributed by atoms with Crippen molar-refractivity contribution in [3.63, 3.8) is 0 Å². The number of rotatable bonds is 3. The molecule has 0 saturated heterocycles. The van der Waals surface area contributed by atoms with E-state index in [-0.39, 0.29) is 5.41 Å². The van der Waals surface area contributed by atoms with Crippen molar-refractivity contribution in [2.45, 2.75) is 32.1 Å². The van der Waals surface area contributed by atoms with Crippen LogP contribution in [0.25, 0.3) is 71.8 Å². The third-order valence-corrected chi connectivity index (χ3v) is 12.3. The number of hydrogen-bond donors (Lipinski definition) is 0. The van der Waals surface area contributed by atoms with Crippen LogP contribution in [-0.2, 0) is 5.41 Å². The fraction of sp³-hybridized carbons (Fsp3) is 0.0943. The summed E-state index contributed by atoms with van der Waals surface area (Å²) in [7, 11) is 0. The maximum absolute atomic E-state index is 2.57. The fourth-order valence-corrected chi connectivity index (χ4v) is 9.74. The molecule has 3 aliphatic rings. The van der Waals surface area contributed by atoms with E-state index in [0.29, 0.717) is 0 Å². The zero-order valence-corrected chi connectivity index (χ0v) is 30.6. The quantitative estimate of drug-likeness (QED) is 0.167. The second-order valence-corrected chi connectivity index (χ2v) is 15.5. The minimum atomic E-state index is -0.0705. The van der Waals surface area contributed by atoms with Crippen LogP contribution >= 0.6 is 0 Å². The van der Waals surface area contributed by atoms with E-state index in [2.05, 4.69) is 195 Å². The van der Waals surface area contributed by atoms with E-state index >= 15 is 0 Å². The number of benzene rings is 8. The summed E-state index contributed by atoms with van der Waals surface area (Å²) in [5.74, 6) is 0. The molecule has 256 valence electrons. The average Bonchev–Trinajstić information content (AvgIpc) is 3.34. The molecule has 54 heavy (non-hydrogen) atoms. The summed E-state index contributed by atoms with van der Waals surface area (Å²) in [5, 5.41) is 7.70. The first-order valence-electron chi connectivity index (χ1n) is 19.3. The van der Waals surface area contributed by atoms with Gasteiger partial charge in [-0.1, -0.05) is 178 Å². The number of fused-ring (bicyclic) bond motifs is 8. The predicted octanol–water partition coefficient (Wildman–Crippen LogP) is 14.6. The molecular formula is C53H39N. The van der Waals surface area contributed by atoms with Gasteiger partial charge in [-0.05, 0) is 102 Å². The summed E-state index contributed by atoms with van der Waals surface area (Å²) in [4.78, 5) is 2.57. The highest BCUT2D eigenvalue weighted by Gasteiger charge is 2.37. The van der Waals surface area contributed by atoms with Crippen molar-refractivity contribution in [3.05, 3.63) is 198 Å². The lowest BCUT2D eigenvalue weighted by molar-refractivity contribution is 0.661. The number of nitrogens with zero attached hydrogens (tertiary/aromatic N) is 1. The van der Waals surface area contributed by atoms with Gasteiger partial charge in [0, 0.05) is 21.9 Å². The van der Waals surface area contributed by atoms with Crippen molar-refractivity contribution >= 4 is 49.8 Å². The van der Waals surface area contributed by atoms with Crippen LogP contribution in [0.15, 0.2) is 181 Å². The first-order valence-corrected chi connectivity index (χ1v) is 19.3. The van der Waals surface area contributed by atoms with E-state index in [1.807, 2.05) is 0 Å². The van der Waals surface area contributed by atoms with Crippen molar-refractivity contribution in [2.75, 3.05) is 4.90 Å². The van der Waals surface area contributed by atoms with Gasteiger partial charge in [-0.2, -0.15) is 0 Å². The second kappa shape index (κ2) is 11.8. The molecule has 0 aromatic heterocycles. The van der Waals surface area contributed by atoms with Crippen LogP contribution in [0.1, 0.15) is 43.4 Å². The zero-order chi connectivity index (χ0) is 36.0. The van der Waals surface area contributed by atoms with Gasteiger partial charge in [0.15, 0.2) is 0 Å². The molecule has 11 rings (SSSR count). The van der Waals surface area contributed by atoms with E-state index in [4.69, 9.17) is 0 Å². The molecule has 1 nitrogen and oxygen atoms in total. The zero-order valence-electron chi connectivity index (χ0n) is 30.6. The number of allylic oxidation sites excluding steroid dienone is 5. The van der Waals surface area contributed by atoms with Crippen LogP contribution in [0.3, 0.4) is 0 Å². The van der Waals surface area contributed by atoms with Crippen molar-refractivity contribution < 1.29 is 0 Å². The molecule has 1 aliphatic heterocycles. The Hall–Kier alpha value is -6.44. The molecule has 8 aromatic carbocycles. The number of anilines is 2. The molecule has 0 amide bonds. The standard InChI is InChI=1S/C53H39N/c1-53(2)46-24-12-11-23-44(46)51-39-18-6-5-17-38(39)45(33-47(51)53)34-27-31-37(32-28-34)50-40-19-7-9-21-42(40)52(43-22-10-8-20-41(43)50)54-48-25-13-3-15-35(48)29-30-36-16-4-14-26-49(36)54/h3-13,15-25,27-33H,14,26H2,1-2H3. The van der Waals surface area contributed by atoms with Gasteiger partial charge in [0.2, 0.25) is 0 Å². The Bertz CT molecular complexity index is 2890. The molecule has 0 bridgehead atoms. The predicted molar refractivity (Wildman–Crippen MR) is 230 cm³/mol. The van der Waals surface area contributed by atoms with Crippen LogP contribution in [-0.4, -0.2) is 0 Å². The highest BCUT2D eigenvalue weighted by molar-refractivity contribution is 6.22. The molecule has 2 aliphatic carbocycles. The van der Waals surface area contributed by atoms with Crippen LogP contribution in [0.2, 0.25) is 0 Å². The lowest BCUT2D eigenvalue weighted by Gasteiger charge is -2.33. The first-order chi connectivity index (χ1) is 26.6. The molecule has 8 aromatic rings. The summed E-state index contributed by atoms with van der Waals surface area (Å²) in [6.45, 7) is 4.75. The Morgan fingerprint density at radius 1 is 0.481 bits per heavy atom. The lowest BCUT2D eigenvalue weighted by atomic mass is 9.80. The summed E-state index contributed by atoms with van der Waals surface area (Å²) in [6.07, 6.45) is 11.2. The minimum absolute atomic E-state index is 0.0705. The van der Waals surface area contributed by atoms with E-state index in [1.165, 1.54) is 105 Å². The highest BCUT2D eigenvalue weighted by Crippen LogP contribution is 2.54. The molecule has 0 atom stereocenters. The van der Waals surface area contributed by atoms with Crippen LogP contribution in [0.5, 0.6) is 0 Å². The average molecular weight is 690 g/mol. The van der Waals surface area contributed by atoms with Gasteiger partial charge in [-0.25, -0.2) is 0 Å². The van der Waals surface area contributed by atoms with Crippen molar-refractivity contribution in [1.82, 2.24) is 0 Å². The maximum Gasteiger partial charge on any atom is 0.0616 e. The summed E-state index contributed by atoms with van der Waals surface area (Å²) in [5.41, 5.74) is 16.9. The van der Waals surface area contributed by atoms with Crippen molar-refractivity contribution in [2.24, 2.45) is 0 Å². The fourth-order valence-electron chi connectivity index (χ4n) is 9.74. The van der Waals surface area contributed by atoms with Gasteiger partial charge in [-0.15, -0.1) is 0 Å². The Morgan fingerprint density at radius 3 is 1.81 bits per heavy atom. The maximum atomic E-state index is 2.57. The van der Waals surface area contributed by atoms with Crippen molar-refractivity contribution in [3.8, 4) is 33.4 Å². The molecular weight excluding hydrogens is 651 g/mol. The molecule has 0 spiro atoms. The number of hydrogen-bond acceptors (Lipinski definition) is 1. The van der Waals surface area contributed by atoms with Gasteiger partial charge < -0.3 is 4.90 Å². The Kier molecular flexibility index (Phi) is 6.79. The third kappa shape index (κ3) is 4.45. The summed E-state index contributed by atoms with van der Waals surface area (Å²) in [6, 6.07) is 56.7. The van der Waals surface area contributed by atoms with Gasteiger partial charge in [-0.3, -0.25) is 0 Å². The third-order valence-electron chi connectivity index (χ3n) is 12.3. The van der Waals surface area contributed by atoms with E-state index in [1.54, 1.807) is 0 Å². The largest absolute Gasteiger partial charge is 0.312 e. The SMILES string of the molecule is CC1(C)c2ccccc2-c2c1cc(-c1ccc(-c3c4ccccc4c(N4C5=C(C=CCC5)C=Cc5ccccc54)c4ccccc34)cc1)c1ccccc21. The van der Waals surface area contributed by atoms with Gasteiger partial charge in [0.1, 0.15) is 0 Å². The molecule has 1 heterocycles. The summed E-state index contributed by atoms with van der Waals surface area (Å²) < 4.78 is 0. The van der Waals surface area contributed by atoms with Crippen LogP contribution < -0.4 is 4.90 Å². The first kappa shape index (κ1) is 31.1. The molecule has 0 fully saturated rings. The Morgan fingerprint density at radius 2 is 1.07 bits per heavy atom. The number of para-hydroxylation sites is 1. The van der Waals surface area contributed by atoms with Gasteiger partial charge in [0.25, 0.3) is 0 Å². The monoisotopic (exact) mass is 689 g/mol. The van der Waals surface area contributed by atoms with E-state index < -0.39 is 0 Å². The lowest BCUT2D eigenvalue weighted by Crippen LogP contribution is -2.20. The normalized spacial score (nSPS) is 15.3. The molecule has 0 N–H and O–H groups in total. The Balaban J connectivity index is 1.12. The van der Waals surface area contributed by atoms with E-state index in [0.717, 1.165) is 12.8 Å². The second-order valence-electron chi connectivity index (χ2n) is 15.5. The van der Waals surface area contributed by atoms with Crippen molar-refractivity contribution in [1.29, 1.82) is 0 Å². The highest BCUT2D eigenvalue weighted by atomic mass is 15.2. The smallest absolute Gasteiger partial charge is 0.0616 e.